The van der Waals surface area contributed by atoms with E-state index in [2.05, 4.69) is 27.2 Å². The molecule has 0 aromatic heterocycles. The lowest BCUT2D eigenvalue weighted by Gasteiger charge is -2.07. The van der Waals surface area contributed by atoms with E-state index in [9.17, 15) is 9.59 Å². The molecule has 21 heavy (non-hydrogen) atoms. The van der Waals surface area contributed by atoms with Crippen LogP contribution in [0.5, 0.6) is 5.75 Å². The summed E-state index contributed by atoms with van der Waals surface area (Å²) in [5, 5.41) is 2.55. The first kappa shape index (κ1) is 15.1. The van der Waals surface area contributed by atoms with Crippen LogP contribution in [-0.2, 0) is 4.79 Å². The molecule has 1 aliphatic heterocycles. The van der Waals surface area contributed by atoms with Gasteiger partial charge in [0.25, 0.3) is 5.91 Å². The maximum atomic E-state index is 12.0. The Hall–Kier alpha value is -2.26. The minimum atomic E-state index is -0.401. The number of benzene rings is 1. The fraction of sp³-hybridized carbons (Fsp3) is 0.200. The summed E-state index contributed by atoms with van der Waals surface area (Å²) in [4.78, 5) is 24.7. The van der Waals surface area contributed by atoms with Crippen LogP contribution in [0.1, 0.15) is 12.5 Å². The number of amides is 3. The van der Waals surface area contributed by atoms with Crippen LogP contribution in [-0.4, -0.2) is 30.0 Å². The van der Waals surface area contributed by atoms with Crippen molar-refractivity contribution >= 4 is 33.9 Å². The number of nitrogens with one attached hydrogen (secondary N) is 1. The van der Waals surface area contributed by atoms with Crippen LogP contribution in [0, 0.1) is 12.3 Å². The first-order valence-electron chi connectivity index (χ1n) is 6.27. The van der Waals surface area contributed by atoms with Gasteiger partial charge in [-0.1, -0.05) is 12.0 Å². The van der Waals surface area contributed by atoms with Crippen molar-refractivity contribution in [3.63, 3.8) is 0 Å². The van der Waals surface area contributed by atoms with Crippen molar-refractivity contribution in [1.82, 2.24) is 10.2 Å². The van der Waals surface area contributed by atoms with Crippen LogP contribution in [0.2, 0.25) is 0 Å². The van der Waals surface area contributed by atoms with Crippen LogP contribution in [0.4, 0.5) is 4.79 Å². The number of carbonyl (C=O) groups excluding carboxylic acids is 2. The molecular weight excluding hydrogens is 336 g/mol. The number of rotatable bonds is 4. The lowest BCUT2D eigenvalue weighted by molar-refractivity contribution is -0.122. The largest absolute Gasteiger partial charge is 0.480 e. The van der Waals surface area contributed by atoms with Gasteiger partial charge in [-0.25, -0.2) is 4.79 Å². The summed E-state index contributed by atoms with van der Waals surface area (Å²) >= 11 is 3.37. The van der Waals surface area contributed by atoms with Crippen LogP contribution >= 0.6 is 15.9 Å². The van der Waals surface area contributed by atoms with Crippen LogP contribution in [0.25, 0.3) is 6.08 Å². The molecule has 3 amide bonds. The van der Waals surface area contributed by atoms with Gasteiger partial charge in [0, 0.05) is 6.54 Å². The van der Waals surface area contributed by atoms with E-state index in [-0.39, 0.29) is 18.2 Å². The van der Waals surface area contributed by atoms with E-state index >= 15 is 0 Å². The Bertz CT molecular complexity index is 661. The number of nitrogens with zero attached hydrogens (tertiary/aromatic N) is 1. The zero-order valence-electron chi connectivity index (χ0n) is 11.4. The zero-order chi connectivity index (χ0) is 15.4. The van der Waals surface area contributed by atoms with E-state index in [1.165, 1.54) is 0 Å². The lowest BCUT2D eigenvalue weighted by Crippen LogP contribution is -2.30. The molecule has 1 aromatic rings. The standard InChI is InChI=1S/C15H13BrN2O3/c1-3-7-21-13-6-5-10(8-11(13)16)9-12-14(19)18(4-2)15(20)17-12/h1,5-6,8-9H,4,7H2,2H3,(H,17,20)/b12-9+. The minimum absolute atomic E-state index is 0.180. The van der Waals surface area contributed by atoms with Crippen LogP contribution in [0.3, 0.4) is 0 Å². The van der Waals surface area contributed by atoms with Gasteiger partial charge in [0.15, 0.2) is 0 Å². The Balaban J connectivity index is 2.22. The predicted octanol–water partition coefficient (Wildman–Crippen LogP) is 2.37. The Morgan fingerprint density at radius 1 is 1.48 bits per heavy atom. The second kappa shape index (κ2) is 6.46. The van der Waals surface area contributed by atoms with E-state index in [0.29, 0.717) is 12.3 Å². The number of terminal acetylenes is 1. The van der Waals surface area contributed by atoms with Crippen molar-refractivity contribution in [1.29, 1.82) is 0 Å². The lowest BCUT2D eigenvalue weighted by atomic mass is 10.2. The number of hydrogen-bond acceptors (Lipinski definition) is 3. The van der Waals surface area contributed by atoms with Crippen molar-refractivity contribution in [2.75, 3.05) is 13.2 Å². The fourth-order valence-electron chi connectivity index (χ4n) is 1.87. The normalized spacial score (nSPS) is 16.0. The van der Waals surface area contributed by atoms with E-state index in [0.717, 1.165) is 14.9 Å². The second-order valence-electron chi connectivity index (χ2n) is 4.22. The van der Waals surface area contributed by atoms with Crippen LogP contribution in [0.15, 0.2) is 28.4 Å². The minimum Gasteiger partial charge on any atom is -0.480 e. The molecule has 1 aliphatic rings. The SMILES string of the molecule is C#CCOc1ccc(/C=C2/NC(=O)N(CC)C2=O)cc1Br. The molecule has 1 N–H and O–H groups in total. The van der Waals surface area contributed by atoms with Crippen LogP contribution < -0.4 is 10.1 Å². The summed E-state index contributed by atoms with van der Waals surface area (Å²) in [6.45, 7) is 2.26. The topological polar surface area (TPSA) is 58.6 Å². The molecule has 0 saturated carbocycles. The first-order chi connectivity index (χ1) is 10.1. The molecule has 0 aliphatic carbocycles. The molecule has 6 heteroatoms. The number of ether oxygens (including phenoxy) is 1. The van der Waals surface area contributed by atoms with Crippen molar-refractivity contribution in [2.24, 2.45) is 0 Å². The number of halogens is 1. The maximum Gasteiger partial charge on any atom is 0.328 e. The molecule has 0 radical (unpaired) electrons. The second-order valence-corrected chi connectivity index (χ2v) is 5.07. The predicted molar refractivity (Wildman–Crippen MR) is 82.4 cm³/mol. The average Bonchev–Trinajstić information content (AvgIpc) is 2.72. The highest BCUT2D eigenvalue weighted by molar-refractivity contribution is 9.10. The number of carbonyl (C=O) groups is 2. The smallest absolute Gasteiger partial charge is 0.328 e. The number of urea groups is 1. The van der Waals surface area contributed by atoms with Crippen molar-refractivity contribution in [2.45, 2.75) is 6.92 Å². The van der Waals surface area contributed by atoms with Gasteiger partial charge in [-0.3, -0.25) is 9.69 Å². The quantitative estimate of drug-likeness (QED) is 0.516. The molecule has 2 rings (SSSR count). The third kappa shape index (κ3) is 3.26. The van der Waals surface area contributed by atoms with E-state index in [1.807, 2.05) is 0 Å². The number of likely N-dealkylation sites (N-methyl/N-ethyl adjacent to an activating group) is 1. The third-order valence-corrected chi connectivity index (χ3v) is 3.48. The zero-order valence-corrected chi connectivity index (χ0v) is 12.9. The summed E-state index contributed by atoms with van der Waals surface area (Å²) in [5.41, 5.74) is 1.02. The van der Waals surface area contributed by atoms with Crippen molar-refractivity contribution in [3.8, 4) is 18.1 Å². The van der Waals surface area contributed by atoms with E-state index < -0.39 is 6.03 Å². The molecule has 5 nitrogen and oxygen atoms in total. The molecule has 0 atom stereocenters. The molecule has 1 heterocycles. The summed E-state index contributed by atoms with van der Waals surface area (Å²) < 4.78 is 6.05. The Morgan fingerprint density at radius 2 is 2.24 bits per heavy atom. The number of imide groups is 1. The van der Waals surface area contributed by atoms with E-state index in [1.54, 1.807) is 31.2 Å². The molecule has 0 unspecified atom stereocenters. The molecule has 1 aromatic carbocycles. The monoisotopic (exact) mass is 348 g/mol. The van der Waals surface area contributed by atoms with Gasteiger partial charge >= 0.3 is 6.03 Å². The Labute approximate surface area is 131 Å². The summed E-state index contributed by atoms with van der Waals surface area (Å²) in [6, 6.07) is 4.90. The Kier molecular flexibility index (Phi) is 4.66. The summed E-state index contributed by atoms with van der Waals surface area (Å²) in [5.74, 6) is 2.68. The highest BCUT2D eigenvalue weighted by atomic mass is 79.9. The number of hydrogen-bond donors (Lipinski definition) is 1. The molecule has 1 saturated heterocycles. The van der Waals surface area contributed by atoms with Gasteiger partial charge in [0.2, 0.25) is 0 Å². The van der Waals surface area contributed by atoms with Gasteiger partial charge in [0.1, 0.15) is 18.1 Å². The molecular formula is C15H13BrN2O3. The first-order valence-corrected chi connectivity index (χ1v) is 7.06. The van der Waals surface area contributed by atoms with E-state index in [4.69, 9.17) is 11.2 Å². The molecule has 0 spiro atoms. The highest BCUT2D eigenvalue weighted by Gasteiger charge is 2.31. The maximum absolute atomic E-state index is 12.0. The Morgan fingerprint density at radius 3 is 2.81 bits per heavy atom. The van der Waals surface area contributed by atoms with Crippen molar-refractivity contribution < 1.29 is 14.3 Å². The molecule has 1 fully saturated rings. The average molecular weight is 349 g/mol. The molecule has 0 bridgehead atoms. The van der Waals surface area contributed by atoms with Gasteiger partial charge in [-0.15, -0.1) is 6.42 Å². The summed E-state index contributed by atoms with van der Waals surface area (Å²) in [6.07, 6.45) is 6.75. The van der Waals surface area contributed by atoms with Gasteiger partial charge < -0.3 is 10.1 Å². The fourth-order valence-corrected chi connectivity index (χ4v) is 2.38. The van der Waals surface area contributed by atoms with Gasteiger partial charge in [-0.2, -0.15) is 0 Å². The third-order valence-electron chi connectivity index (χ3n) is 2.86. The highest BCUT2D eigenvalue weighted by Crippen LogP contribution is 2.27. The van der Waals surface area contributed by atoms with Gasteiger partial charge in [-0.05, 0) is 46.6 Å². The molecule has 108 valence electrons. The van der Waals surface area contributed by atoms with Gasteiger partial charge in [0.05, 0.1) is 4.47 Å². The van der Waals surface area contributed by atoms with Crippen molar-refractivity contribution in [3.05, 3.63) is 33.9 Å². The summed E-state index contributed by atoms with van der Waals surface area (Å²) in [7, 11) is 0.